The monoisotopic (exact) mass is 238 g/mol. The van der Waals surface area contributed by atoms with Crippen LogP contribution in [0.3, 0.4) is 0 Å². The standard InChI is InChI=1S/C14H22OS/c1-4-5-6-7-13-8-10-14(11-9-13)16(15)12(2)3/h8-12H,4-7H2,1-3H3. The van der Waals surface area contributed by atoms with Gasteiger partial charge in [0.1, 0.15) is 0 Å². The summed E-state index contributed by atoms with van der Waals surface area (Å²) in [5.41, 5.74) is 1.36. The van der Waals surface area contributed by atoms with Gasteiger partial charge in [-0.15, -0.1) is 0 Å². The van der Waals surface area contributed by atoms with Crippen LogP contribution >= 0.6 is 0 Å². The normalized spacial score (nSPS) is 13.0. The largest absolute Gasteiger partial charge is 0.254 e. The summed E-state index contributed by atoms with van der Waals surface area (Å²) in [6.45, 7) is 6.20. The summed E-state index contributed by atoms with van der Waals surface area (Å²) < 4.78 is 11.8. The molecule has 90 valence electrons. The molecule has 1 aromatic carbocycles. The molecule has 0 fully saturated rings. The first-order chi connectivity index (χ1) is 7.65. The van der Waals surface area contributed by atoms with Crippen molar-refractivity contribution >= 4 is 10.8 Å². The minimum Gasteiger partial charge on any atom is -0.254 e. The number of hydrogen-bond acceptors (Lipinski definition) is 1. The van der Waals surface area contributed by atoms with Crippen molar-refractivity contribution in [3.63, 3.8) is 0 Å². The SMILES string of the molecule is CCCCCc1ccc(S(=O)C(C)C)cc1. The van der Waals surface area contributed by atoms with Crippen molar-refractivity contribution in [2.75, 3.05) is 0 Å². The zero-order valence-electron chi connectivity index (χ0n) is 10.5. The number of hydrogen-bond donors (Lipinski definition) is 0. The highest BCUT2D eigenvalue weighted by Gasteiger charge is 2.07. The summed E-state index contributed by atoms with van der Waals surface area (Å²) in [6, 6.07) is 8.26. The average molecular weight is 238 g/mol. The molecule has 0 N–H and O–H groups in total. The maximum absolute atomic E-state index is 11.8. The van der Waals surface area contributed by atoms with E-state index < -0.39 is 10.8 Å². The second kappa shape index (κ2) is 6.85. The van der Waals surface area contributed by atoms with E-state index in [9.17, 15) is 4.21 Å². The lowest BCUT2D eigenvalue weighted by molar-refractivity contribution is 0.676. The van der Waals surface area contributed by atoms with Crippen molar-refractivity contribution in [3.05, 3.63) is 29.8 Å². The van der Waals surface area contributed by atoms with E-state index in [1.807, 2.05) is 26.0 Å². The van der Waals surface area contributed by atoms with Crippen molar-refractivity contribution in [3.8, 4) is 0 Å². The molecule has 2 heteroatoms. The molecule has 1 unspecified atom stereocenters. The first-order valence-corrected chi connectivity index (χ1v) is 7.36. The van der Waals surface area contributed by atoms with Gasteiger partial charge in [-0.05, 0) is 30.5 Å². The molecular formula is C14H22OS. The van der Waals surface area contributed by atoms with Crippen LogP contribution in [0.1, 0.15) is 45.6 Å². The van der Waals surface area contributed by atoms with Crippen LogP contribution in [0.15, 0.2) is 29.2 Å². The van der Waals surface area contributed by atoms with Gasteiger partial charge in [0.25, 0.3) is 0 Å². The van der Waals surface area contributed by atoms with E-state index in [0.717, 1.165) is 11.3 Å². The lowest BCUT2D eigenvalue weighted by atomic mass is 10.1. The molecule has 1 rings (SSSR count). The van der Waals surface area contributed by atoms with Gasteiger partial charge >= 0.3 is 0 Å². The molecule has 0 aromatic heterocycles. The predicted octanol–water partition coefficient (Wildman–Crippen LogP) is 3.94. The van der Waals surface area contributed by atoms with E-state index >= 15 is 0 Å². The Bertz CT molecular complexity index is 327. The molecule has 0 aliphatic rings. The predicted molar refractivity (Wildman–Crippen MR) is 71.2 cm³/mol. The second-order valence-electron chi connectivity index (χ2n) is 4.45. The molecule has 0 bridgehead atoms. The molecule has 0 aliphatic carbocycles. The molecule has 1 aromatic rings. The fourth-order valence-corrected chi connectivity index (χ4v) is 2.59. The Morgan fingerprint density at radius 2 is 1.75 bits per heavy atom. The molecule has 0 aliphatic heterocycles. The van der Waals surface area contributed by atoms with Crippen molar-refractivity contribution in [2.24, 2.45) is 0 Å². The van der Waals surface area contributed by atoms with E-state index in [2.05, 4.69) is 19.1 Å². The van der Waals surface area contributed by atoms with Gasteiger partial charge in [-0.25, -0.2) is 0 Å². The van der Waals surface area contributed by atoms with Crippen LogP contribution in [0.25, 0.3) is 0 Å². The lowest BCUT2D eigenvalue weighted by Gasteiger charge is -2.06. The smallest absolute Gasteiger partial charge is 0.0555 e. The van der Waals surface area contributed by atoms with Crippen molar-refractivity contribution in [1.29, 1.82) is 0 Å². The summed E-state index contributed by atoms with van der Waals surface area (Å²) in [7, 11) is -0.851. The van der Waals surface area contributed by atoms with Crippen molar-refractivity contribution in [2.45, 2.75) is 56.6 Å². The van der Waals surface area contributed by atoms with E-state index in [4.69, 9.17) is 0 Å². The Morgan fingerprint density at radius 1 is 1.12 bits per heavy atom. The molecule has 0 radical (unpaired) electrons. The molecule has 1 atom stereocenters. The quantitative estimate of drug-likeness (QED) is 0.686. The van der Waals surface area contributed by atoms with Crippen LogP contribution in [-0.4, -0.2) is 9.46 Å². The zero-order chi connectivity index (χ0) is 12.0. The number of rotatable bonds is 6. The van der Waals surface area contributed by atoms with Crippen LogP contribution in [-0.2, 0) is 17.2 Å². The van der Waals surface area contributed by atoms with Crippen LogP contribution < -0.4 is 0 Å². The Labute approximate surface area is 102 Å². The molecule has 0 spiro atoms. The summed E-state index contributed by atoms with van der Waals surface area (Å²) in [4.78, 5) is 0.953. The van der Waals surface area contributed by atoms with Gasteiger partial charge in [-0.2, -0.15) is 0 Å². The van der Waals surface area contributed by atoms with Gasteiger partial charge in [-0.3, -0.25) is 4.21 Å². The number of aryl methyl sites for hydroxylation is 1. The van der Waals surface area contributed by atoms with Crippen molar-refractivity contribution in [1.82, 2.24) is 0 Å². The van der Waals surface area contributed by atoms with Gasteiger partial charge in [0.2, 0.25) is 0 Å². The van der Waals surface area contributed by atoms with Crippen LogP contribution in [0.4, 0.5) is 0 Å². The van der Waals surface area contributed by atoms with Crippen molar-refractivity contribution < 1.29 is 4.21 Å². The highest BCUT2D eigenvalue weighted by atomic mass is 32.2. The maximum atomic E-state index is 11.8. The van der Waals surface area contributed by atoms with Crippen LogP contribution in [0.2, 0.25) is 0 Å². The summed E-state index contributed by atoms with van der Waals surface area (Å²) in [5.74, 6) is 0. The van der Waals surface area contributed by atoms with Crippen LogP contribution in [0.5, 0.6) is 0 Å². The molecule has 0 saturated heterocycles. The van der Waals surface area contributed by atoms with Gasteiger partial charge in [0, 0.05) is 10.1 Å². The van der Waals surface area contributed by atoms with Gasteiger partial charge in [0.15, 0.2) is 0 Å². The van der Waals surface area contributed by atoms with E-state index in [-0.39, 0.29) is 5.25 Å². The highest BCUT2D eigenvalue weighted by molar-refractivity contribution is 7.85. The van der Waals surface area contributed by atoms with E-state index in [1.165, 1.54) is 24.8 Å². The average Bonchev–Trinajstić information content (AvgIpc) is 2.29. The maximum Gasteiger partial charge on any atom is 0.0555 e. The summed E-state index contributed by atoms with van der Waals surface area (Å²) in [6.07, 6.45) is 4.95. The first-order valence-electron chi connectivity index (χ1n) is 6.14. The Balaban J connectivity index is 2.57. The highest BCUT2D eigenvalue weighted by Crippen LogP contribution is 2.14. The summed E-state index contributed by atoms with van der Waals surface area (Å²) in [5, 5.41) is 0.200. The van der Waals surface area contributed by atoms with Gasteiger partial charge in [-0.1, -0.05) is 45.7 Å². The third-order valence-electron chi connectivity index (χ3n) is 2.65. The number of benzene rings is 1. The minimum absolute atomic E-state index is 0.200. The second-order valence-corrected chi connectivity index (χ2v) is 6.46. The fourth-order valence-electron chi connectivity index (χ4n) is 1.64. The molecule has 0 heterocycles. The Kier molecular flexibility index (Phi) is 5.75. The molecule has 16 heavy (non-hydrogen) atoms. The lowest BCUT2D eigenvalue weighted by Crippen LogP contribution is -2.05. The van der Waals surface area contributed by atoms with Gasteiger partial charge < -0.3 is 0 Å². The fraction of sp³-hybridized carbons (Fsp3) is 0.571. The van der Waals surface area contributed by atoms with E-state index in [1.54, 1.807) is 0 Å². The zero-order valence-corrected chi connectivity index (χ0v) is 11.3. The minimum atomic E-state index is -0.851. The topological polar surface area (TPSA) is 17.1 Å². The Morgan fingerprint density at radius 3 is 2.25 bits per heavy atom. The number of unbranched alkanes of at least 4 members (excludes halogenated alkanes) is 2. The Hall–Kier alpha value is -0.630. The van der Waals surface area contributed by atoms with Gasteiger partial charge in [0.05, 0.1) is 10.8 Å². The molecule has 0 amide bonds. The first kappa shape index (κ1) is 13.4. The summed E-state index contributed by atoms with van der Waals surface area (Å²) >= 11 is 0. The molecule has 0 saturated carbocycles. The van der Waals surface area contributed by atoms with Crippen LogP contribution in [0, 0.1) is 0 Å². The molecular weight excluding hydrogens is 216 g/mol. The van der Waals surface area contributed by atoms with E-state index in [0.29, 0.717) is 0 Å². The molecule has 1 nitrogen and oxygen atoms in total. The third kappa shape index (κ3) is 4.09. The third-order valence-corrected chi connectivity index (χ3v) is 4.25.